The second-order valence-electron chi connectivity index (χ2n) is 7.54. The lowest BCUT2D eigenvalue weighted by atomic mass is 9.53. The van der Waals surface area contributed by atoms with Gasteiger partial charge in [-0.2, -0.15) is 4.98 Å². The lowest BCUT2D eigenvalue weighted by Gasteiger charge is -2.57. The Kier molecular flexibility index (Phi) is 2.95. The van der Waals surface area contributed by atoms with Gasteiger partial charge in [-0.15, -0.1) is 11.3 Å². The van der Waals surface area contributed by atoms with Crippen LogP contribution in [0.2, 0.25) is 0 Å². The van der Waals surface area contributed by atoms with Crippen molar-refractivity contribution in [3.05, 3.63) is 23.3 Å². The third-order valence-corrected chi connectivity index (χ3v) is 6.72. The van der Waals surface area contributed by atoms with E-state index in [1.165, 1.54) is 38.5 Å². The van der Waals surface area contributed by atoms with Gasteiger partial charge in [0.25, 0.3) is 5.89 Å². The average molecular weight is 315 g/mol. The number of hydrogen-bond acceptors (Lipinski definition) is 5. The van der Waals surface area contributed by atoms with E-state index in [9.17, 15) is 0 Å². The van der Waals surface area contributed by atoms with Crippen LogP contribution in [-0.2, 0) is 6.54 Å². The fourth-order valence-electron chi connectivity index (χ4n) is 5.42. The minimum atomic E-state index is 0.360. The first kappa shape index (κ1) is 13.3. The van der Waals surface area contributed by atoms with E-state index >= 15 is 0 Å². The smallest absolute Gasteiger partial charge is 0.268 e. The van der Waals surface area contributed by atoms with Gasteiger partial charge in [-0.25, -0.2) is 0 Å². The molecule has 4 fully saturated rings. The predicted octanol–water partition coefficient (Wildman–Crippen LogP) is 3.86. The Morgan fingerprint density at radius 2 is 1.91 bits per heavy atom. The van der Waals surface area contributed by atoms with Crippen LogP contribution in [0, 0.1) is 17.8 Å². The van der Waals surface area contributed by atoms with Gasteiger partial charge in [0, 0.05) is 5.54 Å². The Labute approximate surface area is 134 Å². The normalized spacial score (nSPS) is 36.1. The highest BCUT2D eigenvalue weighted by molar-refractivity contribution is 7.13. The van der Waals surface area contributed by atoms with E-state index in [0.717, 1.165) is 35.0 Å². The van der Waals surface area contributed by atoms with Crippen LogP contribution >= 0.6 is 11.3 Å². The molecule has 6 rings (SSSR count). The van der Waals surface area contributed by atoms with Crippen molar-refractivity contribution in [3.63, 3.8) is 0 Å². The molecule has 2 aromatic heterocycles. The second-order valence-corrected chi connectivity index (χ2v) is 8.49. The minimum absolute atomic E-state index is 0.360. The average Bonchev–Trinajstić information content (AvgIpc) is 3.15. The molecule has 4 bridgehead atoms. The van der Waals surface area contributed by atoms with Crippen molar-refractivity contribution >= 4 is 11.3 Å². The summed E-state index contributed by atoms with van der Waals surface area (Å²) in [5.41, 5.74) is 0.360. The molecular weight excluding hydrogens is 294 g/mol. The molecule has 116 valence electrons. The highest BCUT2D eigenvalue weighted by atomic mass is 32.1. The van der Waals surface area contributed by atoms with Crippen molar-refractivity contribution in [1.29, 1.82) is 0 Å². The third-order valence-electron chi connectivity index (χ3n) is 5.86. The topological polar surface area (TPSA) is 51.0 Å². The summed E-state index contributed by atoms with van der Waals surface area (Å²) >= 11 is 1.64. The fraction of sp³-hybridized carbons (Fsp3) is 0.647. The van der Waals surface area contributed by atoms with Crippen LogP contribution in [0.1, 0.15) is 44.3 Å². The van der Waals surface area contributed by atoms with Crippen LogP contribution in [0.4, 0.5) is 0 Å². The maximum atomic E-state index is 5.39. The third kappa shape index (κ3) is 2.22. The standard InChI is InChI=1S/C17H21N3OS/c1-2-14(22-3-1)16-19-15(20-21-16)10-18-17-7-11-4-12(8-17)6-13(5-11)9-17/h1-3,11-13,18H,4-10H2. The second kappa shape index (κ2) is 4.90. The summed E-state index contributed by atoms with van der Waals surface area (Å²) in [6, 6.07) is 4.03. The van der Waals surface area contributed by atoms with Gasteiger partial charge < -0.3 is 9.84 Å². The van der Waals surface area contributed by atoms with Crippen LogP contribution in [0.5, 0.6) is 0 Å². The van der Waals surface area contributed by atoms with E-state index in [0.29, 0.717) is 11.4 Å². The lowest BCUT2D eigenvalue weighted by molar-refractivity contribution is -0.0209. The van der Waals surface area contributed by atoms with Gasteiger partial charge in [-0.1, -0.05) is 11.2 Å². The largest absolute Gasteiger partial charge is 0.333 e. The van der Waals surface area contributed by atoms with Crippen LogP contribution in [0.15, 0.2) is 22.0 Å². The number of nitrogens with one attached hydrogen (secondary N) is 1. The highest BCUT2D eigenvalue weighted by Gasteiger charge is 2.50. The van der Waals surface area contributed by atoms with Gasteiger partial charge >= 0.3 is 0 Å². The molecule has 0 aromatic carbocycles. The molecule has 0 saturated heterocycles. The van der Waals surface area contributed by atoms with Gasteiger partial charge in [0.1, 0.15) is 0 Å². The molecule has 0 amide bonds. The summed E-state index contributed by atoms with van der Waals surface area (Å²) in [6.07, 6.45) is 8.50. The molecule has 2 heterocycles. The summed E-state index contributed by atoms with van der Waals surface area (Å²) in [5.74, 6) is 4.33. The first-order chi connectivity index (χ1) is 10.8. The summed E-state index contributed by atoms with van der Waals surface area (Å²) in [5, 5.41) is 10.0. The maximum absolute atomic E-state index is 5.39. The Bertz CT molecular complexity index is 628. The predicted molar refractivity (Wildman–Crippen MR) is 85.4 cm³/mol. The summed E-state index contributed by atoms with van der Waals surface area (Å²) in [4.78, 5) is 5.59. The van der Waals surface area contributed by atoms with Crippen molar-refractivity contribution in [2.75, 3.05) is 0 Å². The Balaban J connectivity index is 1.29. The number of hydrogen-bond donors (Lipinski definition) is 1. The van der Waals surface area contributed by atoms with Crippen molar-refractivity contribution in [1.82, 2.24) is 15.5 Å². The Morgan fingerprint density at radius 3 is 2.55 bits per heavy atom. The van der Waals surface area contributed by atoms with E-state index in [4.69, 9.17) is 4.52 Å². The first-order valence-corrected chi connectivity index (χ1v) is 9.27. The lowest BCUT2D eigenvalue weighted by Crippen LogP contribution is -2.58. The minimum Gasteiger partial charge on any atom is -0.333 e. The van der Waals surface area contributed by atoms with Crippen LogP contribution in [0.25, 0.3) is 10.8 Å². The SMILES string of the molecule is c1csc(-c2nc(CNC34CC5CC(CC(C5)C3)C4)no2)c1. The number of aromatic nitrogens is 2. The monoisotopic (exact) mass is 315 g/mol. The highest BCUT2D eigenvalue weighted by Crippen LogP contribution is 2.55. The first-order valence-electron chi connectivity index (χ1n) is 8.39. The van der Waals surface area contributed by atoms with Gasteiger partial charge in [0.15, 0.2) is 5.82 Å². The number of thiophene rings is 1. The molecule has 0 aliphatic heterocycles. The number of rotatable bonds is 4. The molecule has 0 spiro atoms. The van der Waals surface area contributed by atoms with Crippen LogP contribution in [0.3, 0.4) is 0 Å². The van der Waals surface area contributed by atoms with Gasteiger partial charge in [-0.3, -0.25) is 0 Å². The van der Waals surface area contributed by atoms with Crippen molar-refractivity contribution in [2.24, 2.45) is 17.8 Å². The molecule has 2 aromatic rings. The van der Waals surface area contributed by atoms with E-state index < -0.39 is 0 Å². The van der Waals surface area contributed by atoms with Gasteiger partial charge in [0.05, 0.1) is 11.4 Å². The van der Waals surface area contributed by atoms with E-state index in [1.54, 1.807) is 11.3 Å². The molecule has 5 heteroatoms. The molecule has 4 saturated carbocycles. The molecule has 0 radical (unpaired) electrons. The zero-order chi connectivity index (χ0) is 14.6. The van der Waals surface area contributed by atoms with Crippen LogP contribution in [-0.4, -0.2) is 15.7 Å². The Morgan fingerprint density at radius 1 is 1.18 bits per heavy atom. The van der Waals surface area contributed by atoms with Crippen molar-refractivity contribution < 1.29 is 4.52 Å². The maximum Gasteiger partial charge on any atom is 0.268 e. The number of nitrogens with zero attached hydrogens (tertiary/aromatic N) is 2. The van der Waals surface area contributed by atoms with Crippen molar-refractivity contribution in [2.45, 2.75) is 50.6 Å². The zero-order valence-corrected chi connectivity index (χ0v) is 13.4. The molecule has 4 nitrogen and oxygen atoms in total. The van der Waals surface area contributed by atoms with E-state index in [1.807, 2.05) is 17.5 Å². The summed E-state index contributed by atoms with van der Waals surface area (Å²) in [7, 11) is 0. The fourth-order valence-corrected chi connectivity index (χ4v) is 6.06. The Hall–Kier alpha value is -1.20. The van der Waals surface area contributed by atoms with E-state index in [2.05, 4.69) is 15.5 Å². The molecule has 0 unspecified atom stereocenters. The molecule has 4 aliphatic carbocycles. The van der Waals surface area contributed by atoms with Crippen molar-refractivity contribution in [3.8, 4) is 10.8 Å². The van der Waals surface area contributed by atoms with E-state index in [-0.39, 0.29) is 0 Å². The molecule has 4 aliphatic rings. The van der Waals surface area contributed by atoms with Gasteiger partial charge in [0.2, 0.25) is 0 Å². The molecule has 22 heavy (non-hydrogen) atoms. The molecule has 0 atom stereocenters. The molecular formula is C17H21N3OS. The quantitative estimate of drug-likeness (QED) is 0.931. The molecule has 1 N–H and O–H groups in total. The zero-order valence-electron chi connectivity index (χ0n) is 12.6. The van der Waals surface area contributed by atoms with Crippen LogP contribution < -0.4 is 5.32 Å². The summed E-state index contributed by atoms with van der Waals surface area (Å²) in [6.45, 7) is 0.737. The summed E-state index contributed by atoms with van der Waals surface area (Å²) < 4.78 is 5.39. The van der Waals surface area contributed by atoms with Gasteiger partial charge in [-0.05, 0) is 67.7 Å².